The SMILES string of the molecule is O=C(Nc1nc(CSc2ccccc2)cs1)c1ccc(C(F)(F)F)cc1. The molecule has 1 N–H and O–H groups in total. The molecule has 26 heavy (non-hydrogen) atoms. The number of alkyl halides is 3. The molecule has 8 heteroatoms. The van der Waals surface area contributed by atoms with Crippen LogP contribution >= 0.6 is 23.1 Å². The summed E-state index contributed by atoms with van der Waals surface area (Å²) >= 11 is 2.91. The number of nitrogens with one attached hydrogen (secondary N) is 1. The Morgan fingerprint density at radius 1 is 1.08 bits per heavy atom. The minimum absolute atomic E-state index is 0.147. The van der Waals surface area contributed by atoms with Gasteiger partial charge in [-0.2, -0.15) is 13.2 Å². The van der Waals surface area contributed by atoms with Crippen LogP contribution in [0, 0.1) is 0 Å². The Kier molecular flexibility index (Phi) is 5.63. The second-order valence-corrected chi connectivity index (χ2v) is 7.18. The van der Waals surface area contributed by atoms with E-state index in [0.717, 1.165) is 34.9 Å². The van der Waals surface area contributed by atoms with Gasteiger partial charge < -0.3 is 0 Å². The lowest BCUT2D eigenvalue weighted by molar-refractivity contribution is -0.137. The molecule has 0 aliphatic rings. The summed E-state index contributed by atoms with van der Waals surface area (Å²) in [5.74, 6) is 0.173. The monoisotopic (exact) mass is 394 g/mol. The number of halogens is 3. The molecule has 1 aromatic heterocycles. The van der Waals surface area contributed by atoms with Gasteiger partial charge in [0.15, 0.2) is 5.13 Å². The van der Waals surface area contributed by atoms with Crippen LogP contribution in [0.2, 0.25) is 0 Å². The van der Waals surface area contributed by atoms with Crippen LogP contribution in [0.4, 0.5) is 18.3 Å². The van der Waals surface area contributed by atoms with Gasteiger partial charge in [-0.25, -0.2) is 4.98 Å². The van der Waals surface area contributed by atoms with E-state index in [9.17, 15) is 18.0 Å². The zero-order valence-corrected chi connectivity index (χ0v) is 14.9. The Hall–Kier alpha value is -2.32. The fourth-order valence-corrected chi connectivity index (χ4v) is 3.71. The van der Waals surface area contributed by atoms with Gasteiger partial charge >= 0.3 is 6.18 Å². The van der Waals surface area contributed by atoms with E-state index in [1.807, 2.05) is 35.7 Å². The third kappa shape index (κ3) is 4.86. The second kappa shape index (κ2) is 7.92. The van der Waals surface area contributed by atoms with Gasteiger partial charge in [0.2, 0.25) is 0 Å². The van der Waals surface area contributed by atoms with E-state index in [0.29, 0.717) is 10.9 Å². The van der Waals surface area contributed by atoms with E-state index in [1.54, 1.807) is 11.8 Å². The number of hydrogen-bond acceptors (Lipinski definition) is 4. The van der Waals surface area contributed by atoms with Crippen molar-refractivity contribution in [2.24, 2.45) is 0 Å². The smallest absolute Gasteiger partial charge is 0.298 e. The number of aromatic nitrogens is 1. The lowest BCUT2D eigenvalue weighted by atomic mass is 10.1. The summed E-state index contributed by atoms with van der Waals surface area (Å²) in [4.78, 5) is 17.6. The Morgan fingerprint density at radius 2 is 1.77 bits per heavy atom. The summed E-state index contributed by atoms with van der Waals surface area (Å²) in [6, 6.07) is 13.9. The Bertz CT molecular complexity index is 877. The highest BCUT2D eigenvalue weighted by atomic mass is 32.2. The van der Waals surface area contributed by atoms with Crippen molar-refractivity contribution < 1.29 is 18.0 Å². The molecule has 0 saturated carbocycles. The third-order valence-electron chi connectivity index (χ3n) is 3.38. The quantitative estimate of drug-likeness (QED) is 0.564. The molecule has 0 spiro atoms. The summed E-state index contributed by atoms with van der Waals surface area (Å²) in [6.07, 6.45) is -4.42. The number of thiazole rings is 1. The zero-order valence-electron chi connectivity index (χ0n) is 13.3. The van der Waals surface area contributed by atoms with Gasteiger partial charge in [0.05, 0.1) is 11.3 Å². The average molecular weight is 394 g/mol. The van der Waals surface area contributed by atoms with Crippen LogP contribution in [0.25, 0.3) is 0 Å². The number of rotatable bonds is 5. The van der Waals surface area contributed by atoms with Crippen LogP contribution in [-0.2, 0) is 11.9 Å². The molecule has 3 rings (SSSR count). The minimum atomic E-state index is -4.42. The fraction of sp³-hybridized carbons (Fsp3) is 0.111. The maximum atomic E-state index is 12.6. The Labute approximate surface area is 156 Å². The molecule has 0 fully saturated rings. The number of benzene rings is 2. The summed E-state index contributed by atoms with van der Waals surface area (Å²) in [6.45, 7) is 0. The summed E-state index contributed by atoms with van der Waals surface area (Å²) < 4.78 is 37.7. The maximum Gasteiger partial charge on any atom is 0.416 e. The molecular weight excluding hydrogens is 381 g/mol. The van der Waals surface area contributed by atoms with E-state index in [2.05, 4.69) is 10.3 Å². The lowest BCUT2D eigenvalue weighted by Crippen LogP contribution is -2.12. The van der Waals surface area contributed by atoms with Crippen LogP contribution in [-0.4, -0.2) is 10.9 Å². The molecule has 0 bridgehead atoms. The van der Waals surface area contributed by atoms with Crippen LogP contribution in [0.15, 0.2) is 64.9 Å². The molecule has 0 radical (unpaired) electrons. The van der Waals surface area contributed by atoms with Crippen molar-refractivity contribution in [3.63, 3.8) is 0 Å². The molecule has 1 heterocycles. The van der Waals surface area contributed by atoms with Crippen LogP contribution in [0.5, 0.6) is 0 Å². The van der Waals surface area contributed by atoms with E-state index < -0.39 is 17.6 Å². The summed E-state index contributed by atoms with van der Waals surface area (Å²) in [7, 11) is 0. The van der Waals surface area contributed by atoms with Crippen molar-refractivity contribution >= 4 is 34.1 Å². The van der Waals surface area contributed by atoms with Crippen molar-refractivity contribution in [2.75, 3.05) is 5.32 Å². The van der Waals surface area contributed by atoms with Gasteiger partial charge in [-0.1, -0.05) is 18.2 Å². The van der Waals surface area contributed by atoms with E-state index in [1.165, 1.54) is 11.3 Å². The zero-order chi connectivity index (χ0) is 18.6. The molecule has 0 aliphatic heterocycles. The van der Waals surface area contributed by atoms with E-state index in [4.69, 9.17) is 0 Å². The van der Waals surface area contributed by atoms with Crippen LogP contribution in [0.1, 0.15) is 21.6 Å². The number of anilines is 1. The first-order chi connectivity index (χ1) is 12.4. The molecule has 0 unspecified atom stereocenters. The Morgan fingerprint density at radius 3 is 2.42 bits per heavy atom. The standard InChI is InChI=1S/C18H13F3N2OS2/c19-18(20,21)13-8-6-12(7-9-13)16(24)23-17-22-14(11-26-17)10-25-15-4-2-1-3-5-15/h1-9,11H,10H2,(H,22,23,24). The molecule has 134 valence electrons. The molecule has 0 atom stereocenters. The van der Waals surface area contributed by atoms with Crippen LogP contribution < -0.4 is 5.32 Å². The van der Waals surface area contributed by atoms with Crippen molar-refractivity contribution in [3.8, 4) is 0 Å². The van der Waals surface area contributed by atoms with Crippen LogP contribution in [0.3, 0.4) is 0 Å². The largest absolute Gasteiger partial charge is 0.416 e. The molecule has 3 aromatic rings. The molecule has 3 nitrogen and oxygen atoms in total. The maximum absolute atomic E-state index is 12.6. The lowest BCUT2D eigenvalue weighted by Gasteiger charge is -2.07. The first kappa shape index (κ1) is 18.5. The van der Waals surface area contributed by atoms with E-state index >= 15 is 0 Å². The normalized spacial score (nSPS) is 11.3. The number of carbonyl (C=O) groups excluding carboxylic acids is 1. The number of nitrogens with zero attached hydrogens (tertiary/aromatic N) is 1. The predicted molar refractivity (Wildman–Crippen MR) is 97.5 cm³/mol. The number of carbonyl (C=O) groups is 1. The average Bonchev–Trinajstić information content (AvgIpc) is 3.07. The topological polar surface area (TPSA) is 42.0 Å². The first-order valence-electron chi connectivity index (χ1n) is 7.53. The van der Waals surface area contributed by atoms with Gasteiger partial charge in [0.1, 0.15) is 0 Å². The summed E-state index contributed by atoms with van der Waals surface area (Å²) in [5, 5.41) is 4.87. The highest BCUT2D eigenvalue weighted by Gasteiger charge is 2.30. The van der Waals surface area contributed by atoms with Crippen molar-refractivity contribution in [1.29, 1.82) is 0 Å². The van der Waals surface area contributed by atoms with Gasteiger partial charge in [-0.3, -0.25) is 10.1 Å². The van der Waals surface area contributed by atoms with Gasteiger partial charge in [-0.15, -0.1) is 23.1 Å². The van der Waals surface area contributed by atoms with Gasteiger partial charge in [-0.05, 0) is 36.4 Å². The molecule has 2 aromatic carbocycles. The van der Waals surface area contributed by atoms with Crippen molar-refractivity contribution in [3.05, 3.63) is 76.8 Å². The number of amides is 1. The number of hydrogen-bond donors (Lipinski definition) is 1. The minimum Gasteiger partial charge on any atom is -0.298 e. The van der Waals surface area contributed by atoms with Crippen molar-refractivity contribution in [2.45, 2.75) is 16.8 Å². The summed E-state index contributed by atoms with van der Waals surface area (Å²) in [5.41, 5.74) is 0.184. The molecule has 1 amide bonds. The second-order valence-electron chi connectivity index (χ2n) is 5.27. The van der Waals surface area contributed by atoms with Crippen molar-refractivity contribution in [1.82, 2.24) is 4.98 Å². The molecular formula is C18H13F3N2OS2. The highest BCUT2D eigenvalue weighted by Crippen LogP contribution is 2.29. The first-order valence-corrected chi connectivity index (χ1v) is 9.39. The van der Waals surface area contributed by atoms with Gasteiger partial charge in [0, 0.05) is 21.6 Å². The molecule has 0 aliphatic carbocycles. The number of thioether (sulfide) groups is 1. The molecule has 0 saturated heterocycles. The predicted octanol–water partition coefficient (Wildman–Crippen LogP) is 5.71. The Balaban J connectivity index is 1.59. The highest BCUT2D eigenvalue weighted by molar-refractivity contribution is 7.98. The van der Waals surface area contributed by atoms with Gasteiger partial charge in [0.25, 0.3) is 5.91 Å². The fourth-order valence-electron chi connectivity index (χ4n) is 2.08. The third-order valence-corrected chi connectivity index (χ3v) is 5.23. The van der Waals surface area contributed by atoms with E-state index in [-0.39, 0.29) is 5.56 Å².